The van der Waals surface area contributed by atoms with Gasteiger partial charge in [0.1, 0.15) is 23.9 Å². The van der Waals surface area contributed by atoms with Crippen molar-refractivity contribution in [3.05, 3.63) is 102 Å². The molecule has 1 aliphatic rings. The first-order chi connectivity index (χ1) is 17.7. The topological polar surface area (TPSA) is 48.6 Å². The van der Waals surface area contributed by atoms with Crippen molar-refractivity contribution in [2.24, 2.45) is 0 Å². The summed E-state index contributed by atoms with van der Waals surface area (Å²) in [6.07, 6.45) is 8.69. The molecule has 0 saturated carbocycles. The zero-order valence-corrected chi connectivity index (χ0v) is 20.8. The van der Waals surface area contributed by atoms with Crippen molar-refractivity contribution >= 4 is 0 Å². The number of para-hydroxylation sites is 1. The summed E-state index contributed by atoms with van der Waals surface area (Å²) in [5.41, 5.74) is 1.45. The molecule has 6 heteroatoms. The van der Waals surface area contributed by atoms with Gasteiger partial charge in [0.05, 0.1) is 11.4 Å². The number of nitrogens with zero attached hydrogens (tertiary/aromatic N) is 3. The molecule has 3 aromatic carbocycles. The summed E-state index contributed by atoms with van der Waals surface area (Å²) in [5.74, 6) is 2.32. The summed E-state index contributed by atoms with van der Waals surface area (Å²) in [4.78, 5) is 15.7. The van der Waals surface area contributed by atoms with Crippen molar-refractivity contribution in [1.82, 2.24) is 14.0 Å². The molecule has 1 atom stereocenters. The zero-order valence-electron chi connectivity index (χ0n) is 20.8. The number of rotatable bonds is 9. The Kier molecular flexibility index (Phi) is 7.52. The molecule has 4 aromatic rings. The number of aromatic nitrogens is 2. The average molecular weight is 484 g/mol. The van der Waals surface area contributed by atoms with Crippen LogP contribution in [0.3, 0.4) is 0 Å². The fraction of sp³-hybridized carbons (Fsp3) is 0.300. The minimum Gasteiger partial charge on any atom is -0.492 e. The molecule has 0 N–H and O–H groups in total. The zero-order chi connectivity index (χ0) is 24.7. The van der Waals surface area contributed by atoms with Gasteiger partial charge in [-0.2, -0.15) is 0 Å². The van der Waals surface area contributed by atoms with E-state index in [1.54, 1.807) is 21.5 Å². The molecule has 0 bridgehead atoms. The van der Waals surface area contributed by atoms with E-state index in [-0.39, 0.29) is 5.69 Å². The standard InChI is InChI=1S/C30H33N3O3/c1-2-24-8-6-7-19-31(24)22-23-35-27-15-11-25(12-16-27)32-20-21-33(30(32)34)26-13-17-29(18-14-26)36-28-9-4-3-5-10-28/h3-5,9-18,20-21,24H,2,6-8,19,22-23H2,1H3. The molecule has 2 heterocycles. The third kappa shape index (κ3) is 5.55. The molecule has 0 amide bonds. The number of hydrogen-bond acceptors (Lipinski definition) is 4. The van der Waals surface area contributed by atoms with Crippen LogP contribution in [0.15, 0.2) is 96.1 Å². The molecule has 1 fully saturated rings. The first-order valence-corrected chi connectivity index (χ1v) is 12.8. The van der Waals surface area contributed by atoms with Crippen molar-refractivity contribution in [1.29, 1.82) is 0 Å². The Hall–Kier alpha value is -3.77. The van der Waals surface area contributed by atoms with Crippen molar-refractivity contribution in [2.75, 3.05) is 19.7 Å². The van der Waals surface area contributed by atoms with Crippen LogP contribution in [-0.4, -0.2) is 39.8 Å². The Labute approximate surface area is 212 Å². The van der Waals surface area contributed by atoms with Crippen LogP contribution in [0.5, 0.6) is 17.2 Å². The highest BCUT2D eigenvalue weighted by Crippen LogP contribution is 2.23. The van der Waals surface area contributed by atoms with Crippen LogP contribution in [-0.2, 0) is 0 Å². The third-order valence-corrected chi connectivity index (χ3v) is 6.85. The minimum absolute atomic E-state index is 0.129. The highest BCUT2D eigenvalue weighted by atomic mass is 16.5. The average Bonchev–Trinajstić information content (AvgIpc) is 3.31. The van der Waals surface area contributed by atoms with Crippen molar-refractivity contribution < 1.29 is 9.47 Å². The predicted octanol–water partition coefficient (Wildman–Crippen LogP) is 6.06. The highest BCUT2D eigenvalue weighted by Gasteiger charge is 2.20. The van der Waals surface area contributed by atoms with Gasteiger partial charge in [-0.1, -0.05) is 31.5 Å². The molecule has 5 rings (SSSR count). The number of hydrogen-bond donors (Lipinski definition) is 0. The molecule has 0 radical (unpaired) electrons. The van der Waals surface area contributed by atoms with Crippen LogP contribution in [0.1, 0.15) is 32.6 Å². The van der Waals surface area contributed by atoms with E-state index >= 15 is 0 Å². The van der Waals surface area contributed by atoms with E-state index in [4.69, 9.17) is 9.47 Å². The van der Waals surface area contributed by atoms with E-state index in [1.165, 1.54) is 32.2 Å². The van der Waals surface area contributed by atoms with E-state index < -0.39 is 0 Å². The van der Waals surface area contributed by atoms with Gasteiger partial charge in [0.2, 0.25) is 0 Å². The SMILES string of the molecule is CCC1CCCCN1CCOc1ccc(-n2ccn(-c3ccc(Oc4ccccc4)cc3)c2=O)cc1. The first kappa shape index (κ1) is 23.9. The molecule has 1 saturated heterocycles. The van der Waals surface area contributed by atoms with Gasteiger partial charge in [-0.05, 0) is 86.5 Å². The molecule has 1 unspecified atom stereocenters. The Balaban J connectivity index is 1.21. The number of ether oxygens (including phenoxy) is 2. The van der Waals surface area contributed by atoms with Crippen molar-refractivity contribution in [3.63, 3.8) is 0 Å². The summed E-state index contributed by atoms with van der Waals surface area (Å²) in [5, 5.41) is 0. The van der Waals surface area contributed by atoms with E-state index in [1.807, 2.05) is 78.9 Å². The molecular weight excluding hydrogens is 450 g/mol. The lowest BCUT2D eigenvalue weighted by Gasteiger charge is -2.34. The van der Waals surface area contributed by atoms with Gasteiger partial charge in [0.25, 0.3) is 0 Å². The highest BCUT2D eigenvalue weighted by molar-refractivity contribution is 5.41. The third-order valence-electron chi connectivity index (χ3n) is 6.85. The monoisotopic (exact) mass is 483 g/mol. The summed E-state index contributed by atoms with van der Waals surface area (Å²) in [7, 11) is 0. The van der Waals surface area contributed by atoms with E-state index in [9.17, 15) is 4.79 Å². The molecule has 186 valence electrons. The first-order valence-electron chi connectivity index (χ1n) is 12.8. The van der Waals surface area contributed by atoms with Crippen molar-refractivity contribution in [2.45, 2.75) is 38.6 Å². The van der Waals surface area contributed by atoms with Gasteiger partial charge < -0.3 is 9.47 Å². The van der Waals surface area contributed by atoms with E-state index in [0.29, 0.717) is 12.6 Å². The maximum atomic E-state index is 13.1. The summed E-state index contributed by atoms with van der Waals surface area (Å²) >= 11 is 0. The number of benzene rings is 3. The van der Waals surface area contributed by atoms with E-state index in [0.717, 1.165) is 35.2 Å². The van der Waals surface area contributed by atoms with E-state index in [2.05, 4.69) is 11.8 Å². The Morgan fingerprint density at radius 3 is 2.03 bits per heavy atom. The van der Waals surface area contributed by atoms with Crippen LogP contribution in [0, 0.1) is 0 Å². The van der Waals surface area contributed by atoms with Gasteiger partial charge >= 0.3 is 5.69 Å². The minimum atomic E-state index is -0.129. The number of likely N-dealkylation sites (tertiary alicyclic amines) is 1. The molecule has 0 spiro atoms. The molecule has 1 aliphatic heterocycles. The molecule has 1 aromatic heterocycles. The Morgan fingerprint density at radius 2 is 1.39 bits per heavy atom. The van der Waals surface area contributed by atoms with Gasteiger partial charge in [0, 0.05) is 25.0 Å². The second kappa shape index (κ2) is 11.3. The van der Waals surface area contributed by atoms with Crippen LogP contribution in [0.25, 0.3) is 11.4 Å². The molecule has 0 aliphatic carbocycles. The van der Waals surface area contributed by atoms with Crippen LogP contribution < -0.4 is 15.2 Å². The van der Waals surface area contributed by atoms with Gasteiger partial charge in [-0.3, -0.25) is 14.0 Å². The summed E-state index contributed by atoms with van der Waals surface area (Å²) < 4.78 is 15.1. The largest absolute Gasteiger partial charge is 0.492 e. The predicted molar refractivity (Wildman–Crippen MR) is 143 cm³/mol. The normalized spacial score (nSPS) is 16.1. The number of piperidine rings is 1. The van der Waals surface area contributed by atoms with Gasteiger partial charge in [-0.25, -0.2) is 4.79 Å². The summed E-state index contributed by atoms with van der Waals surface area (Å²) in [6.45, 7) is 5.07. The lowest BCUT2D eigenvalue weighted by atomic mass is 10.0. The second-order valence-electron chi connectivity index (χ2n) is 9.17. The molecular formula is C30H33N3O3. The fourth-order valence-corrected chi connectivity index (χ4v) is 4.87. The van der Waals surface area contributed by atoms with Crippen LogP contribution in [0.2, 0.25) is 0 Å². The molecule has 36 heavy (non-hydrogen) atoms. The number of imidazole rings is 1. The Bertz CT molecular complexity index is 1290. The quantitative estimate of drug-likeness (QED) is 0.290. The second-order valence-corrected chi connectivity index (χ2v) is 9.17. The van der Waals surface area contributed by atoms with Crippen LogP contribution >= 0.6 is 0 Å². The van der Waals surface area contributed by atoms with Gasteiger partial charge in [0.15, 0.2) is 0 Å². The van der Waals surface area contributed by atoms with Crippen molar-refractivity contribution in [3.8, 4) is 28.6 Å². The lowest BCUT2D eigenvalue weighted by Crippen LogP contribution is -2.41. The maximum Gasteiger partial charge on any atom is 0.337 e. The van der Waals surface area contributed by atoms with Crippen LogP contribution in [0.4, 0.5) is 0 Å². The Morgan fingerprint density at radius 1 is 0.778 bits per heavy atom. The lowest BCUT2D eigenvalue weighted by molar-refractivity contribution is 0.120. The molecule has 6 nitrogen and oxygen atoms in total. The fourth-order valence-electron chi connectivity index (χ4n) is 4.87. The smallest absolute Gasteiger partial charge is 0.337 e. The van der Waals surface area contributed by atoms with Gasteiger partial charge in [-0.15, -0.1) is 0 Å². The summed E-state index contributed by atoms with van der Waals surface area (Å²) in [6, 6.07) is 25.5. The maximum absolute atomic E-state index is 13.1.